The molecule has 0 unspecified atom stereocenters. The number of amides is 2. The number of benzene rings is 2. The molecule has 3 aromatic rings. The number of nitrogens with zero attached hydrogens (tertiary/aromatic N) is 5. The van der Waals surface area contributed by atoms with Gasteiger partial charge in [0.05, 0.1) is 29.3 Å². The van der Waals surface area contributed by atoms with Crippen molar-refractivity contribution in [1.82, 2.24) is 5.27 Å². The molecule has 1 saturated heterocycles. The van der Waals surface area contributed by atoms with Gasteiger partial charge < -0.3 is 0 Å². The number of halogens is 1. The first-order valence-electron chi connectivity index (χ1n) is 11.6. The van der Waals surface area contributed by atoms with E-state index in [9.17, 15) is 9.59 Å². The first kappa shape index (κ1) is 24.3. The van der Waals surface area contributed by atoms with Crippen LogP contribution in [0.15, 0.2) is 80.5 Å². The number of para-hydroxylation sites is 1. The maximum Gasteiger partial charge on any atom is 0.305 e. The topological polar surface area (TPSA) is 94.9 Å². The van der Waals surface area contributed by atoms with Crippen molar-refractivity contribution < 1.29 is 18.9 Å². The molecule has 1 fully saturated rings. The van der Waals surface area contributed by atoms with Gasteiger partial charge in [-0.25, -0.2) is 4.99 Å². The second kappa shape index (κ2) is 11.1. The Balaban J connectivity index is 1.29. The van der Waals surface area contributed by atoms with E-state index in [1.54, 1.807) is 17.1 Å². The number of amidine groups is 1. The molecule has 1 aromatic heterocycles. The number of anilines is 2. The van der Waals surface area contributed by atoms with Gasteiger partial charge in [0.1, 0.15) is 5.70 Å². The molecule has 184 valence electrons. The Morgan fingerprint density at radius 1 is 1.11 bits per heavy atom. The molecule has 5 rings (SSSR count). The normalized spacial score (nSPS) is 17.0. The second-order valence-corrected chi connectivity index (χ2v) is 10.1. The Labute approximate surface area is 220 Å². The van der Waals surface area contributed by atoms with Gasteiger partial charge in [-0.3, -0.25) is 24.3 Å². The molecule has 1 N–H and O–H groups in total. The Hall–Kier alpha value is -3.44. The van der Waals surface area contributed by atoms with Crippen LogP contribution in [0.2, 0.25) is 0 Å². The fourth-order valence-electron chi connectivity index (χ4n) is 3.93. The number of hydrogen-bond acceptors (Lipinski definition) is 7. The number of rotatable bonds is 6. The van der Waals surface area contributed by atoms with Gasteiger partial charge in [0, 0.05) is 4.47 Å². The number of aromatic nitrogens is 2. The highest BCUT2D eigenvalue weighted by atomic mass is 79.9. The number of thioether (sulfide) groups is 1. The molecule has 0 aliphatic carbocycles. The number of aliphatic imine (C=N–C) groups is 1. The maximum absolute atomic E-state index is 13.3. The lowest BCUT2D eigenvalue weighted by Gasteiger charge is -2.17. The van der Waals surface area contributed by atoms with E-state index in [1.165, 1.54) is 23.1 Å². The predicted molar refractivity (Wildman–Crippen MR) is 143 cm³/mol. The van der Waals surface area contributed by atoms with Gasteiger partial charge in [0.15, 0.2) is 5.17 Å². The summed E-state index contributed by atoms with van der Waals surface area (Å²) in [5.74, 6) is -0.211. The predicted octanol–water partition coefficient (Wildman–Crippen LogP) is 3.96. The van der Waals surface area contributed by atoms with Crippen LogP contribution in [-0.4, -0.2) is 41.1 Å². The summed E-state index contributed by atoms with van der Waals surface area (Å²) in [4.78, 5) is 33.7. The maximum atomic E-state index is 13.3. The molecule has 3 heterocycles. The molecule has 0 radical (unpaired) electrons. The highest BCUT2D eigenvalue weighted by Gasteiger charge is 2.32. The molecule has 0 bridgehead atoms. The first-order chi connectivity index (χ1) is 17.6. The largest absolute Gasteiger partial charge is 0.305 e. The van der Waals surface area contributed by atoms with Crippen LogP contribution in [-0.2, 0) is 9.59 Å². The summed E-state index contributed by atoms with van der Waals surface area (Å²) in [6.07, 6.45) is 6.83. The van der Waals surface area contributed by atoms with Gasteiger partial charge in [0.25, 0.3) is 12.1 Å². The lowest BCUT2D eigenvalue weighted by atomic mass is 10.2. The molecular formula is C25H24BrN6O3S+. The number of carbonyl (C=O) groups is 2. The minimum atomic E-state index is -0.282. The van der Waals surface area contributed by atoms with Crippen molar-refractivity contribution in [3.8, 4) is 0 Å². The quantitative estimate of drug-likeness (QED) is 0.358. The van der Waals surface area contributed by atoms with Crippen molar-refractivity contribution in [2.75, 3.05) is 34.1 Å². The number of nitrogens with one attached hydrogen (secondary N) is 1. The summed E-state index contributed by atoms with van der Waals surface area (Å²) in [5, 5.41) is 9.25. The van der Waals surface area contributed by atoms with Gasteiger partial charge in [-0.05, 0) is 55.2 Å². The number of carbonyl (C=O) groups excluding carboxylic acids is 2. The van der Waals surface area contributed by atoms with Crippen LogP contribution in [0, 0.1) is 0 Å². The van der Waals surface area contributed by atoms with E-state index >= 15 is 0 Å². The van der Waals surface area contributed by atoms with E-state index in [-0.39, 0.29) is 23.5 Å². The molecule has 2 aromatic carbocycles. The second-order valence-electron chi connectivity index (χ2n) is 8.29. The van der Waals surface area contributed by atoms with Gasteiger partial charge in [-0.2, -0.15) is 5.01 Å². The van der Waals surface area contributed by atoms with E-state index in [4.69, 9.17) is 4.52 Å². The average molecular weight is 568 g/mol. The summed E-state index contributed by atoms with van der Waals surface area (Å²) in [7, 11) is 0. The van der Waals surface area contributed by atoms with E-state index in [0.29, 0.717) is 16.6 Å². The molecule has 36 heavy (non-hydrogen) atoms. The molecule has 0 saturated carbocycles. The summed E-state index contributed by atoms with van der Waals surface area (Å²) < 4.78 is 6.23. The summed E-state index contributed by atoms with van der Waals surface area (Å²) in [5.41, 5.74) is 1.85. The van der Waals surface area contributed by atoms with Crippen LogP contribution >= 0.6 is 27.7 Å². The zero-order valence-corrected chi connectivity index (χ0v) is 21.7. The van der Waals surface area contributed by atoms with Crippen molar-refractivity contribution >= 4 is 62.3 Å². The van der Waals surface area contributed by atoms with Crippen molar-refractivity contribution in [2.45, 2.75) is 19.3 Å². The van der Waals surface area contributed by atoms with E-state index < -0.39 is 0 Å². The van der Waals surface area contributed by atoms with Crippen LogP contribution in [0.25, 0.3) is 6.08 Å². The van der Waals surface area contributed by atoms with E-state index in [0.717, 1.165) is 36.0 Å². The minimum absolute atomic E-state index is 0.0470. The smallest absolute Gasteiger partial charge is 0.288 e. The highest BCUT2D eigenvalue weighted by Crippen LogP contribution is 2.29. The fourth-order valence-corrected chi connectivity index (χ4v) is 5.00. The molecule has 2 aliphatic heterocycles. The Kier molecular flexibility index (Phi) is 7.47. The van der Waals surface area contributed by atoms with Crippen molar-refractivity contribution in [3.63, 3.8) is 0 Å². The summed E-state index contributed by atoms with van der Waals surface area (Å²) in [6, 6.07) is 16.9. The minimum Gasteiger partial charge on any atom is -0.288 e. The zero-order chi connectivity index (χ0) is 24.9. The lowest BCUT2D eigenvalue weighted by Crippen LogP contribution is -2.60. The molecule has 9 nitrogen and oxygen atoms in total. The molecular weight excluding hydrogens is 544 g/mol. The summed E-state index contributed by atoms with van der Waals surface area (Å²) in [6.45, 7) is 1.80. The number of hydrogen-bond donors (Lipinski definition) is 1. The SMILES string of the molecule is O=C(CSC1=N/C(=C/c2ccc(Br)cc2)C(=O)N1c1ccccc1)Nc1c[n+](N2CCCCC2)no1. The van der Waals surface area contributed by atoms with E-state index in [2.05, 4.69) is 36.5 Å². The third-order valence-electron chi connectivity index (χ3n) is 5.69. The zero-order valence-electron chi connectivity index (χ0n) is 19.3. The third kappa shape index (κ3) is 5.68. The standard InChI is InChI=1S/C25H23BrN6O3S/c26-19-11-9-18(10-12-19)15-21-24(34)32(20-7-3-1-4-8-20)25(27-21)36-17-22(33)28-23-16-31(29-35-23)30-13-5-2-6-14-30/h1,3-4,7-12,15-16H,2,5-6,13-14,17H2/p+1/b21-15+. The Morgan fingerprint density at radius 3 is 2.61 bits per heavy atom. The molecule has 11 heteroatoms. The third-order valence-corrected chi connectivity index (χ3v) is 7.16. The van der Waals surface area contributed by atoms with Crippen molar-refractivity contribution in [2.24, 2.45) is 4.99 Å². The molecule has 0 spiro atoms. The first-order valence-corrected chi connectivity index (χ1v) is 13.4. The van der Waals surface area contributed by atoms with E-state index in [1.807, 2.05) is 54.6 Å². The van der Waals surface area contributed by atoms with Crippen LogP contribution in [0.5, 0.6) is 0 Å². The average Bonchev–Trinajstić information content (AvgIpc) is 3.49. The molecule has 2 aliphatic rings. The Morgan fingerprint density at radius 2 is 1.86 bits per heavy atom. The van der Waals surface area contributed by atoms with Gasteiger partial charge in [-0.15, -0.1) is 0 Å². The van der Waals surface area contributed by atoms with Crippen LogP contribution in [0.3, 0.4) is 0 Å². The van der Waals surface area contributed by atoms with Crippen LogP contribution in [0.1, 0.15) is 24.8 Å². The fraction of sp³-hybridized carbons (Fsp3) is 0.240. The lowest BCUT2D eigenvalue weighted by molar-refractivity contribution is -0.759. The number of piperidine rings is 1. The van der Waals surface area contributed by atoms with Gasteiger partial charge in [-0.1, -0.05) is 58.0 Å². The monoisotopic (exact) mass is 567 g/mol. The van der Waals surface area contributed by atoms with Crippen molar-refractivity contribution in [3.05, 3.63) is 76.5 Å². The van der Waals surface area contributed by atoms with Crippen LogP contribution in [0.4, 0.5) is 11.6 Å². The molecule has 2 amide bonds. The molecule has 0 atom stereocenters. The van der Waals surface area contributed by atoms with Gasteiger partial charge in [0.2, 0.25) is 11.2 Å². The van der Waals surface area contributed by atoms with Gasteiger partial charge >= 0.3 is 5.88 Å². The Bertz CT molecular complexity index is 1300. The highest BCUT2D eigenvalue weighted by molar-refractivity contribution is 9.10. The van der Waals surface area contributed by atoms with Crippen molar-refractivity contribution in [1.29, 1.82) is 0 Å². The van der Waals surface area contributed by atoms with Crippen LogP contribution < -0.4 is 20.0 Å². The summed E-state index contributed by atoms with van der Waals surface area (Å²) >= 11 is 4.61.